The molecular formula is C21H23N3O2S. The van der Waals surface area contributed by atoms with Gasteiger partial charge in [-0.05, 0) is 63.6 Å². The molecule has 2 heterocycles. The number of aryl methyl sites for hydroxylation is 3. The largest absolute Gasteiger partial charge is 0.494 e. The summed E-state index contributed by atoms with van der Waals surface area (Å²) in [6, 6.07) is 9.80. The van der Waals surface area contributed by atoms with E-state index < -0.39 is 0 Å². The average molecular weight is 382 g/mol. The van der Waals surface area contributed by atoms with E-state index in [4.69, 9.17) is 4.74 Å². The maximum atomic E-state index is 12.4. The molecule has 0 aliphatic rings. The lowest BCUT2D eigenvalue weighted by Gasteiger charge is -2.11. The summed E-state index contributed by atoms with van der Waals surface area (Å²) >= 11 is 1.53. The Bertz CT molecular complexity index is 925. The van der Waals surface area contributed by atoms with Gasteiger partial charge in [-0.3, -0.25) is 9.78 Å². The van der Waals surface area contributed by atoms with Gasteiger partial charge in [-0.2, -0.15) is 0 Å². The number of benzene rings is 1. The zero-order chi connectivity index (χ0) is 19.4. The Morgan fingerprint density at radius 3 is 2.56 bits per heavy atom. The zero-order valence-electron chi connectivity index (χ0n) is 16.0. The summed E-state index contributed by atoms with van der Waals surface area (Å²) in [5, 5.41) is 5.79. The van der Waals surface area contributed by atoms with E-state index in [0.29, 0.717) is 6.61 Å². The van der Waals surface area contributed by atoms with Crippen LogP contribution in [0, 0.1) is 20.8 Å². The fourth-order valence-electron chi connectivity index (χ4n) is 2.94. The molecule has 0 saturated heterocycles. The van der Waals surface area contributed by atoms with Crippen molar-refractivity contribution in [3.8, 4) is 16.3 Å². The Balaban J connectivity index is 1.68. The number of nitrogens with zero attached hydrogens (tertiary/aromatic N) is 2. The molecule has 5 nitrogen and oxygen atoms in total. The van der Waals surface area contributed by atoms with Crippen LogP contribution in [0.4, 0.5) is 5.69 Å². The van der Waals surface area contributed by atoms with E-state index >= 15 is 0 Å². The number of carbonyl (C=O) groups excluding carboxylic acids is 1. The number of aromatic nitrogens is 2. The van der Waals surface area contributed by atoms with Gasteiger partial charge in [0.25, 0.3) is 0 Å². The first-order valence-electron chi connectivity index (χ1n) is 8.88. The molecular weight excluding hydrogens is 358 g/mol. The molecule has 6 heteroatoms. The highest BCUT2D eigenvalue weighted by Crippen LogP contribution is 2.26. The first kappa shape index (κ1) is 19.0. The van der Waals surface area contributed by atoms with Crippen molar-refractivity contribution < 1.29 is 9.53 Å². The summed E-state index contributed by atoms with van der Waals surface area (Å²) in [5.41, 5.74) is 5.35. The van der Waals surface area contributed by atoms with Gasteiger partial charge >= 0.3 is 0 Å². The first-order chi connectivity index (χ1) is 13.0. The summed E-state index contributed by atoms with van der Waals surface area (Å²) in [6.07, 6.45) is 0.236. The van der Waals surface area contributed by atoms with E-state index in [2.05, 4.69) is 15.3 Å². The van der Waals surface area contributed by atoms with Crippen molar-refractivity contribution in [2.24, 2.45) is 0 Å². The van der Waals surface area contributed by atoms with Crippen LogP contribution in [0.15, 0.2) is 35.7 Å². The molecule has 0 unspecified atom stereocenters. The van der Waals surface area contributed by atoms with Gasteiger partial charge in [-0.1, -0.05) is 0 Å². The average Bonchev–Trinajstić information content (AvgIpc) is 3.07. The smallest absolute Gasteiger partial charge is 0.230 e. The molecule has 0 aliphatic heterocycles. The standard InChI is InChI=1S/C21H23N3O2S/c1-5-26-18-8-6-16(7-9-18)21-23-17(12-27-21)11-19(25)24-20-13(2)10-14(3)22-15(20)4/h6-10,12H,5,11H2,1-4H3,(H,24,25). The molecule has 0 aliphatic carbocycles. The van der Waals surface area contributed by atoms with Crippen LogP contribution in [0.1, 0.15) is 29.6 Å². The Morgan fingerprint density at radius 1 is 1.15 bits per heavy atom. The third-order valence-electron chi connectivity index (χ3n) is 4.10. The highest BCUT2D eigenvalue weighted by atomic mass is 32.1. The summed E-state index contributed by atoms with van der Waals surface area (Å²) in [5.74, 6) is 0.755. The van der Waals surface area contributed by atoms with E-state index in [-0.39, 0.29) is 12.3 Å². The lowest BCUT2D eigenvalue weighted by atomic mass is 10.1. The molecule has 27 heavy (non-hydrogen) atoms. The number of amides is 1. The Morgan fingerprint density at radius 2 is 1.89 bits per heavy atom. The van der Waals surface area contributed by atoms with Crippen LogP contribution in [0.3, 0.4) is 0 Å². The lowest BCUT2D eigenvalue weighted by Crippen LogP contribution is -2.17. The highest BCUT2D eigenvalue weighted by Gasteiger charge is 2.12. The number of nitrogens with one attached hydrogen (secondary N) is 1. The van der Waals surface area contributed by atoms with E-state index in [1.54, 1.807) is 0 Å². The SMILES string of the molecule is CCOc1ccc(-c2nc(CC(=O)Nc3c(C)cc(C)nc3C)cs2)cc1. The maximum absolute atomic E-state index is 12.4. The summed E-state index contributed by atoms with van der Waals surface area (Å²) < 4.78 is 5.46. The molecule has 2 aromatic heterocycles. The molecule has 1 amide bonds. The number of carbonyl (C=O) groups is 1. The van der Waals surface area contributed by atoms with E-state index in [1.165, 1.54) is 11.3 Å². The van der Waals surface area contributed by atoms with Crippen LogP contribution in [0.25, 0.3) is 10.6 Å². The van der Waals surface area contributed by atoms with E-state index in [0.717, 1.165) is 44.7 Å². The molecule has 1 aromatic carbocycles. The van der Waals surface area contributed by atoms with Gasteiger partial charge in [0.2, 0.25) is 5.91 Å². The maximum Gasteiger partial charge on any atom is 0.230 e. The van der Waals surface area contributed by atoms with Gasteiger partial charge < -0.3 is 10.1 Å². The van der Waals surface area contributed by atoms with E-state index in [9.17, 15) is 4.79 Å². The van der Waals surface area contributed by atoms with Crippen LogP contribution < -0.4 is 10.1 Å². The molecule has 0 saturated carbocycles. The predicted molar refractivity (Wildman–Crippen MR) is 110 cm³/mol. The number of hydrogen-bond acceptors (Lipinski definition) is 5. The normalized spacial score (nSPS) is 10.7. The molecule has 0 atom stereocenters. The number of ether oxygens (including phenoxy) is 1. The van der Waals surface area contributed by atoms with Crippen LogP contribution >= 0.6 is 11.3 Å². The summed E-state index contributed by atoms with van der Waals surface area (Å²) in [4.78, 5) is 21.5. The quantitative estimate of drug-likeness (QED) is 0.672. The molecule has 0 fully saturated rings. The van der Waals surface area contributed by atoms with Gasteiger partial charge in [0, 0.05) is 16.6 Å². The monoisotopic (exact) mass is 381 g/mol. The Hall–Kier alpha value is -2.73. The number of anilines is 1. The van der Waals surface area contributed by atoms with Gasteiger partial charge in [-0.25, -0.2) is 4.98 Å². The third kappa shape index (κ3) is 4.71. The first-order valence-corrected chi connectivity index (χ1v) is 9.76. The fourth-order valence-corrected chi connectivity index (χ4v) is 3.77. The molecule has 0 bridgehead atoms. The second kappa shape index (κ2) is 8.31. The minimum atomic E-state index is -0.0876. The molecule has 3 aromatic rings. The molecule has 0 spiro atoms. The predicted octanol–water partition coefficient (Wildman–Crippen LogP) is 4.71. The number of rotatable bonds is 6. The van der Waals surface area contributed by atoms with Crippen molar-refractivity contribution in [3.05, 3.63) is 58.4 Å². The van der Waals surface area contributed by atoms with Crippen molar-refractivity contribution >= 4 is 22.9 Å². The van der Waals surface area contributed by atoms with Gasteiger partial charge in [0.05, 0.1) is 30.1 Å². The molecule has 140 valence electrons. The van der Waals surface area contributed by atoms with E-state index in [1.807, 2.05) is 63.4 Å². The summed E-state index contributed by atoms with van der Waals surface area (Å²) in [7, 11) is 0. The molecule has 1 N–H and O–H groups in total. The number of hydrogen-bond donors (Lipinski definition) is 1. The van der Waals surface area contributed by atoms with Crippen LogP contribution in [-0.4, -0.2) is 22.5 Å². The highest BCUT2D eigenvalue weighted by molar-refractivity contribution is 7.13. The minimum Gasteiger partial charge on any atom is -0.494 e. The number of pyridine rings is 1. The van der Waals surface area contributed by atoms with Crippen molar-refractivity contribution in [1.82, 2.24) is 9.97 Å². The van der Waals surface area contributed by atoms with Crippen LogP contribution in [0.5, 0.6) is 5.75 Å². The van der Waals surface area contributed by atoms with Crippen LogP contribution in [-0.2, 0) is 11.2 Å². The Labute approximate surface area is 163 Å². The zero-order valence-corrected chi connectivity index (χ0v) is 16.8. The van der Waals surface area contributed by atoms with Crippen molar-refractivity contribution in [2.45, 2.75) is 34.1 Å². The van der Waals surface area contributed by atoms with Gasteiger partial charge in [-0.15, -0.1) is 11.3 Å². The second-order valence-corrected chi connectivity index (χ2v) is 7.23. The summed E-state index contributed by atoms with van der Waals surface area (Å²) in [6.45, 7) is 8.43. The molecule has 0 radical (unpaired) electrons. The van der Waals surface area contributed by atoms with Gasteiger partial charge in [0.15, 0.2) is 0 Å². The Kier molecular flexibility index (Phi) is 5.86. The second-order valence-electron chi connectivity index (χ2n) is 6.37. The minimum absolute atomic E-state index is 0.0876. The lowest BCUT2D eigenvalue weighted by molar-refractivity contribution is -0.115. The fraction of sp³-hybridized carbons (Fsp3) is 0.286. The van der Waals surface area contributed by atoms with Crippen molar-refractivity contribution in [2.75, 3.05) is 11.9 Å². The van der Waals surface area contributed by atoms with Crippen LogP contribution in [0.2, 0.25) is 0 Å². The third-order valence-corrected chi connectivity index (χ3v) is 5.04. The number of thiazole rings is 1. The van der Waals surface area contributed by atoms with Crippen molar-refractivity contribution in [3.63, 3.8) is 0 Å². The van der Waals surface area contributed by atoms with Crippen molar-refractivity contribution in [1.29, 1.82) is 0 Å². The van der Waals surface area contributed by atoms with Gasteiger partial charge in [0.1, 0.15) is 10.8 Å². The topological polar surface area (TPSA) is 64.1 Å². The molecule has 3 rings (SSSR count).